The first kappa shape index (κ1) is 25.8. The second kappa shape index (κ2) is 11.2. The highest BCUT2D eigenvalue weighted by Gasteiger charge is 2.23. The van der Waals surface area contributed by atoms with Gasteiger partial charge in [0.25, 0.3) is 5.91 Å². The van der Waals surface area contributed by atoms with Crippen molar-refractivity contribution in [2.75, 3.05) is 0 Å². The van der Waals surface area contributed by atoms with E-state index in [4.69, 9.17) is 46.4 Å². The molecule has 0 saturated heterocycles. The van der Waals surface area contributed by atoms with Gasteiger partial charge in [-0.25, -0.2) is 4.39 Å². The van der Waals surface area contributed by atoms with E-state index in [1.54, 1.807) is 47.9 Å². The molecule has 35 heavy (non-hydrogen) atoms. The van der Waals surface area contributed by atoms with E-state index >= 15 is 0 Å². The molecule has 1 atom stereocenters. The topological polar surface area (TPSA) is 59.8 Å². The van der Waals surface area contributed by atoms with E-state index in [1.165, 1.54) is 36.0 Å². The molecule has 1 unspecified atom stereocenters. The van der Waals surface area contributed by atoms with Crippen LogP contribution in [0.25, 0.3) is 5.69 Å². The van der Waals surface area contributed by atoms with E-state index in [0.29, 0.717) is 48.1 Å². The fourth-order valence-corrected chi connectivity index (χ4v) is 5.23. The van der Waals surface area contributed by atoms with Crippen LogP contribution < -0.4 is 5.32 Å². The van der Waals surface area contributed by atoms with Crippen LogP contribution in [0.15, 0.2) is 65.8 Å². The lowest BCUT2D eigenvalue weighted by atomic mass is 10.2. The van der Waals surface area contributed by atoms with E-state index in [9.17, 15) is 9.18 Å². The van der Waals surface area contributed by atoms with Gasteiger partial charge in [-0.3, -0.25) is 9.36 Å². The highest BCUT2D eigenvalue weighted by molar-refractivity contribution is 7.98. The van der Waals surface area contributed by atoms with Gasteiger partial charge in [-0.1, -0.05) is 70.3 Å². The second-order valence-corrected chi connectivity index (χ2v) is 10.2. The maximum atomic E-state index is 13.3. The number of carbonyl (C=O) groups is 1. The minimum atomic E-state index is -0.556. The Labute approximate surface area is 225 Å². The number of hydrogen-bond donors (Lipinski definition) is 1. The van der Waals surface area contributed by atoms with Crippen LogP contribution in [-0.4, -0.2) is 20.7 Å². The number of nitrogens with one attached hydrogen (secondary N) is 1. The summed E-state index contributed by atoms with van der Waals surface area (Å²) in [6.07, 6.45) is 0. The van der Waals surface area contributed by atoms with Crippen LogP contribution >= 0.6 is 58.2 Å². The average molecular weight is 570 g/mol. The maximum absolute atomic E-state index is 13.3. The maximum Gasteiger partial charge on any atom is 0.251 e. The van der Waals surface area contributed by atoms with Crippen molar-refractivity contribution < 1.29 is 9.18 Å². The molecule has 180 valence electrons. The van der Waals surface area contributed by atoms with Crippen LogP contribution in [0.2, 0.25) is 20.1 Å². The summed E-state index contributed by atoms with van der Waals surface area (Å²) in [6, 6.07) is 15.4. The number of amides is 1. The van der Waals surface area contributed by atoms with Crippen molar-refractivity contribution in [3.05, 3.63) is 104 Å². The predicted octanol–water partition coefficient (Wildman–Crippen LogP) is 7.80. The van der Waals surface area contributed by atoms with Gasteiger partial charge in [0.15, 0.2) is 11.0 Å². The number of thioether (sulfide) groups is 1. The Hall–Kier alpha value is -2.29. The van der Waals surface area contributed by atoms with Gasteiger partial charge in [0.2, 0.25) is 0 Å². The normalized spacial score (nSPS) is 11.9. The van der Waals surface area contributed by atoms with Gasteiger partial charge >= 0.3 is 0 Å². The lowest BCUT2D eigenvalue weighted by Crippen LogP contribution is -2.28. The molecule has 0 aliphatic rings. The molecule has 1 N–H and O–H groups in total. The summed E-state index contributed by atoms with van der Waals surface area (Å²) in [5, 5.41) is 13.7. The van der Waals surface area contributed by atoms with Crippen LogP contribution in [0.5, 0.6) is 0 Å². The molecule has 0 fully saturated rings. The minimum Gasteiger partial charge on any atom is -0.342 e. The third kappa shape index (κ3) is 6.29. The smallest absolute Gasteiger partial charge is 0.251 e. The first-order valence-electron chi connectivity index (χ1n) is 10.3. The molecule has 1 amide bonds. The Morgan fingerprint density at radius 1 is 0.971 bits per heavy atom. The summed E-state index contributed by atoms with van der Waals surface area (Å²) in [4.78, 5) is 12.9. The number of carbonyl (C=O) groups excluding carboxylic acids is 1. The molecular weight excluding hydrogens is 553 g/mol. The molecule has 0 aliphatic carbocycles. The van der Waals surface area contributed by atoms with E-state index in [1.807, 2.05) is 0 Å². The second-order valence-electron chi connectivity index (χ2n) is 7.54. The molecule has 0 aliphatic heterocycles. The molecule has 11 heteroatoms. The van der Waals surface area contributed by atoms with Crippen molar-refractivity contribution in [2.45, 2.75) is 23.9 Å². The third-order valence-electron chi connectivity index (χ3n) is 4.95. The summed E-state index contributed by atoms with van der Waals surface area (Å²) in [5.41, 5.74) is 1.83. The van der Waals surface area contributed by atoms with Crippen molar-refractivity contribution in [1.82, 2.24) is 20.1 Å². The first-order chi connectivity index (χ1) is 16.7. The summed E-state index contributed by atoms with van der Waals surface area (Å²) >= 11 is 26.1. The standard InChI is InChI=1S/C24H17Cl4FN4OS/c1-13(30-23(34)15-8-17(26)10-18(27)9-15)22-31-32-24(35-12-14-2-5-19(29)6-3-14)33(22)21-7-4-16(25)11-20(21)28/h2-11,13H,12H2,1H3,(H,30,34). The van der Waals surface area contributed by atoms with Gasteiger partial charge in [0.1, 0.15) is 5.82 Å². The van der Waals surface area contributed by atoms with E-state index in [-0.39, 0.29) is 11.7 Å². The Morgan fingerprint density at radius 2 is 1.66 bits per heavy atom. The van der Waals surface area contributed by atoms with E-state index < -0.39 is 6.04 Å². The van der Waals surface area contributed by atoms with Crippen LogP contribution in [0.3, 0.4) is 0 Å². The molecule has 0 radical (unpaired) electrons. The number of aromatic nitrogens is 3. The summed E-state index contributed by atoms with van der Waals surface area (Å²) in [7, 11) is 0. The zero-order chi connectivity index (χ0) is 25.1. The highest BCUT2D eigenvalue weighted by Crippen LogP contribution is 2.32. The zero-order valence-electron chi connectivity index (χ0n) is 18.1. The summed E-state index contributed by atoms with van der Waals surface area (Å²) in [6.45, 7) is 1.78. The Kier molecular flexibility index (Phi) is 8.24. The summed E-state index contributed by atoms with van der Waals surface area (Å²) in [5.74, 6) is 0.296. The monoisotopic (exact) mass is 568 g/mol. The highest BCUT2D eigenvalue weighted by atomic mass is 35.5. The molecule has 5 nitrogen and oxygen atoms in total. The quantitative estimate of drug-likeness (QED) is 0.231. The van der Waals surface area contributed by atoms with Crippen LogP contribution in [-0.2, 0) is 5.75 Å². The van der Waals surface area contributed by atoms with E-state index in [0.717, 1.165) is 5.56 Å². The summed E-state index contributed by atoms with van der Waals surface area (Å²) < 4.78 is 15.0. The largest absolute Gasteiger partial charge is 0.342 e. The number of benzene rings is 3. The Balaban J connectivity index is 1.66. The predicted molar refractivity (Wildman–Crippen MR) is 140 cm³/mol. The van der Waals surface area contributed by atoms with Gasteiger partial charge < -0.3 is 5.32 Å². The van der Waals surface area contributed by atoms with Crippen molar-refractivity contribution >= 4 is 64.1 Å². The fourth-order valence-electron chi connectivity index (χ4n) is 3.30. The third-order valence-corrected chi connectivity index (χ3v) is 6.92. The van der Waals surface area contributed by atoms with Gasteiger partial charge in [-0.05, 0) is 61.0 Å². The minimum absolute atomic E-state index is 0.303. The lowest BCUT2D eigenvalue weighted by molar-refractivity contribution is 0.0938. The average Bonchev–Trinajstić information content (AvgIpc) is 3.22. The molecule has 3 aromatic carbocycles. The van der Waals surface area contributed by atoms with Crippen LogP contribution in [0.4, 0.5) is 4.39 Å². The fraction of sp³-hybridized carbons (Fsp3) is 0.125. The zero-order valence-corrected chi connectivity index (χ0v) is 21.9. The van der Waals surface area contributed by atoms with E-state index in [2.05, 4.69) is 15.5 Å². The number of hydrogen-bond acceptors (Lipinski definition) is 4. The molecule has 0 bridgehead atoms. The molecule has 1 heterocycles. The number of rotatable bonds is 7. The van der Waals surface area contributed by atoms with Crippen LogP contribution in [0.1, 0.15) is 34.7 Å². The Bertz CT molecular complexity index is 1360. The molecule has 4 aromatic rings. The van der Waals surface area contributed by atoms with Gasteiger partial charge in [0.05, 0.1) is 16.8 Å². The van der Waals surface area contributed by atoms with Crippen LogP contribution in [0, 0.1) is 5.82 Å². The number of halogens is 5. The molecule has 0 saturated carbocycles. The molecule has 0 spiro atoms. The molecular formula is C24H17Cl4FN4OS. The Morgan fingerprint density at radius 3 is 2.31 bits per heavy atom. The van der Waals surface area contributed by atoms with Crippen molar-refractivity contribution in [3.63, 3.8) is 0 Å². The van der Waals surface area contributed by atoms with Gasteiger partial charge in [-0.15, -0.1) is 10.2 Å². The van der Waals surface area contributed by atoms with Crippen molar-refractivity contribution in [3.8, 4) is 5.69 Å². The number of nitrogens with zero attached hydrogens (tertiary/aromatic N) is 3. The molecule has 1 aromatic heterocycles. The molecule has 4 rings (SSSR count). The lowest BCUT2D eigenvalue weighted by Gasteiger charge is -2.17. The SMILES string of the molecule is CC(NC(=O)c1cc(Cl)cc(Cl)c1)c1nnc(SCc2ccc(F)cc2)n1-c1ccc(Cl)cc1Cl. The first-order valence-corrected chi connectivity index (χ1v) is 12.8. The van der Waals surface area contributed by atoms with Gasteiger partial charge in [0, 0.05) is 26.4 Å². The van der Waals surface area contributed by atoms with Gasteiger partial charge in [-0.2, -0.15) is 0 Å². The van der Waals surface area contributed by atoms with Crippen molar-refractivity contribution in [1.29, 1.82) is 0 Å². The van der Waals surface area contributed by atoms with Crippen molar-refractivity contribution in [2.24, 2.45) is 0 Å².